The second kappa shape index (κ2) is 4.51. The van der Waals surface area contributed by atoms with Crippen molar-refractivity contribution in [1.29, 1.82) is 0 Å². The summed E-state index contributed by atoms with van der Waals surface area (Å²) in [6, 6.07) is 10.3. The summed E-state index contributed by atoms with van der Waals surface area (Å²) < 4.78 is 0. The van der Waals surface area contributed by atoms with Crippen molar-refractivity contribution in [3.63, 3.8) is 0 Å². The van der Waals surface area contributed by atoms with Crippen molar-refractivity contribution in [2.75, 3.05) is 6.54 Å². The van der Waals surface area contributed by atoms with Crippen LogP contribution < -0.4 is 5.32 Å². The van der Waals surface area contributed by atoms with E-state index in [4.69, 9.17) is 0 Å². The molecule has 1 aliphatic rings. The molecule has 2 N–H and O–H groups in total. The molecule has 2 heterocycles. The molecule has 0 bridgehead atoms. The molecular weight excluding hydrogens is 172 g/mol. The summed E-state index contributed by atoms with van der Waals surface area (Å²) in [5.74, 6) is 0. The van der Waals surface area contributed by atoms with Gasteiger partial charge in [-0.1, -0.05) is 24.3 Å². The number of nitrogens with one attached hydrogen (secondary N) is 2. The number of para-hydroxylation sites is 1. The zero-order valence-electron chi connectivity index (χ0n) is 8.03. The van der Waals surface area contributed by atoms with E-state index < -0.39 is 0 Å². The van der Waals surface area contributed by atoms with Gasteiger partial charge in [0.05, 0.1) is 0 Å². The summed E-state index contributed by atoms with van der Waals surface area (Å²) in [5, 5.41) is 4.32. The quantitative estimate of drug-likeness (QED) is 0.650. The monoisotopic (exact) mass is 186 g/mol. The average molecular weight is 186 g/mol. The molecule has 0 fully saturated rings. The highest BCUT2D eigenvalue weighted by Gasteiger charge is 1.86. The van der Waals surface area contributed by atoms with Gasteiger partial charge < -0.3 is 10.3 Å². The first-order valence-electron chi connectivity index (χ1n) is 4.87. The Morgan fingerprint density at radius 3 is 2.64 bits per heavy atom. The molecule has 0 amide bonds. The zero-order valence-corrected chi connectivity index (χ0v) is 8.03. The number of H-pyrrole nitrogens is 1. The van der Waals surface area contributed by atoms with Gasteiger partial charge in [-0.05, 0) is 30.1 Å². The highest BCUT2D eigenvalue weighted by Crippen LogP contribution is 2.09. The molecule has 0 saturated heterocycles. The second-order valence-corrected chi connectivity index (χ2v) is 3.21. The van der Waals surface area contributed by atoms with Crippen molar-refractivity contribution in [3.8, 4) is 0 Å². The Bertz CT molecular complexity index is 379. The lowest BCUT2D eigenvalue weighted by Gasteiger charge is -1.83. The minimum atomic E-state index is 1.14. The minimum absolute atomic E-state index is 1.14. The normalized spacial score (nSPS) is 13.4. The lowest BCUT2D eigenvalue weighted by molar-refractivity contribution is 0.917. The highest BCUT2D eigenvalue weighted by atomic mass is 14.8. The van der Waals surface area contributed by atoms with Crippen LogP contribution >= 0.6 is 0 Å². The Labute approximate surface area is 83.6 Å². The van der Waals surface area contributed by atoms with Gasteiger partial charge in [-0.25, -0.2) is 0 Å². The summed E-state index contributed by atoms with van der Waals surface area (Å²) >= 11 is 0. The molecule has 0 saturated carbocycles. The lowest BCUT2D eigenvalue weighted by atomic mass is 10.3. The zero-order chi connectivity index (χ0) is 9.64. The van der Waals surface area contributed by atoms with E-state index in [0.717, 1.165) is 6.54 Å². The third-order valence-corrected chi connectivity index (χ3v) is 2.15. The third-order valence-electron chi connectivity index (χ3n) is 2.15. The van der Waals surface area contributed by atoms with Crippen molar-refractivity contribution in [3.05, 3.63) is 48.8 Å². The minimum Gasteiger partial charge on any atom is -0.391 e. The second-order valence-electron chi connectivity index (χ2n) is 3.21. The van der Waals surface area contributed by atoms with Crippen LogP contribution in [0.1, 0.15) is 6.42 Å². The summed E-state index contributed by atoms with van der Waals surface area (Å²) in [7, 11) is 0. The maximum Gasteiger partial charge on any atom is 0.0453 e. The number of fused-ring (bicyclic) bond motifs is 1. The van der Waals surface area contributed by atoms with Gasteiger partial charge >= 0.3 is 0 Å². The first-order chi connectivity index (χ1) is 6.97. The topological polar surface area (TPSA) is 27.8 Å². The van der Waals surface area contributed by atoms with E-state index >= 15 is 0 Å². The predicted molar refractivity (Wildman–Crippen MR) is 60.1 cm³/mol. The van der Waals surface area contributed by atoms with Gasteiger partial charge in [0.2, 0.25) is 0 Å². The Morgan fingerprint density at radius 2 is 2.00 bits per heavy atom. The van der Waals surface area contributed by atoms with Gasteiger partial charge in [-0.15, -0.1) is 0 Å². The molecule has 0 aliphatic carbocycles. The van der Waals surface area contributed by atoms with Crippen LogP contribution in [0.3, 0.4) is 0 Å². The Balaban J connectivity index is 0.000000128. The van der Waals surface area contributed by atoms with Gasteiger partial charge in [0, 0.05) is 18.3 Å². The van der Waals surface area contributed by atoms with E-state index in [1.807, 2.05) is 24.5 Å². The molecule has 3 rings (SSSR count). The summed E-state index contributed by atoms with van der Waals surface area (Å²) in [6.07, 6.45) is 7.27. The lowest BCUT2D eigenvalue weighted by Crippen LogP contribution is -1.96. The van der Waals surface area contributed by atoms with Crippen LogP contribution in [0.2, 0.25) is 0 Å². The molecule has 0 spiro atoms. The van der Waals surface area contributed by atoms with Crippen LogP contribution in [0.25, 0.3) is 10.9 Å². The molecule has 1 aromatic carbocycles. The van der Waals surface area contributed by atoms with Crippen LogP contribution in [-0.4, -0.2) is 11.5 Å². The molecule has 1 aliphatic heterocycles. The SMILES string of the molecule is C1=CNCC1.c1ccc2[nH]ccc2c1. The molecule has 0 atom stereocenters. The van der Waals surface area contributed by atoms with Gasteiger partial charge in [0.1, 0.15) is 0 Å². The van der Waals surface area contributed by atoms with Crippen LogP contribution in [0, 0.1) is 0 Å². The van der Waals surface area contributed by atoms with Crippen LogP contribution in [0.4, 0.5) is 0 Å². The number of rotatable bonds is 0. The smallest absolute Gasteiger partial charge is 0.0453 e. The molecule has 2 aromatic rings. The van der Waals surface area contributed by atoms with Crippen molar-refractivity contribution in [1.82, 2.24) is 10.3 Å². The van der Waals surface area contributed by atoms with Crippen molar-refractivity contribution in [2.24, 2.45) is 0 Å². The summed E-state index contributed by atoms with van der Waals surface area (Å²) in [6.45, 7) is 1.14. The van der Waals surface area contributed by atoms with Gasteiger partial charge in [0.25, 0.3) is 0 Å². The standard InChI is InChI=1S/C8H7N.C4H7N/c1-2-4-8-7(3-1)5-6-9-8;1-2-4-5-3-1/h1-6,9H;1,3,5H,2,4H2. The van der Waals surface area contributed by atoms with E-state index in [9.17, 15) is 0 Å². The fraction of sp³-hybridized carbons (Fsp3) is 0.167. The molecular formula is C12H14N2. The number of hydrogen-bond donors (Lipinski definition) is 2. The fourth-order valence-electron chi connectivity index (χ4n) is 1.41. The van der Waals surface area contributed by atoms with Crippen LogP contribution in [0.15, 0.2) is 48.8 Å². The summed E-state index contributed by atoms with van der Waals surface area (Å²) in [5.41, 5.74) is 1.21. The molecule has 72 valence electrons. The molecule has 0 radical (unpaired) electrons. The van der Waals surface area contributed by atoms with Crippen molar-refractivity contribution < 1.29 is 0 Å². The van der Waals surface area contributed by atoms with Gasteiger partial charge in [0.15, 0.2) is 0 Å². The van der Waals surface area contributed by atoms with E-state index in [2.05, 4.69) is 34.6 Å². The van der Waals surface area contributed by atoms with E-state index in [1.165, 1.54) is 17.3 Å². The van der Waals surface area contributed by atoms with Crippen molar-refractivity contribution >= 4 is 10.9 Å². The molecule has 2 heteroatoms. The Morgan fingerprint density at radius 1 is 1.07 bits per heavy atom. The summed E-state index contributed by atoms with van der Waals surface area (Å²) in [4.78, 5) is 3.12. The number of aromatic amines is 1. The number of hydrogen-bond acceptors (Lipinski definition) is 1. The molecule has 2 nitrogen and oxygen atoms in total. The first kappa shape index (κ1) is 8.88. The maximum atomic E-state index is 3.12. The van der Waals surface area contributed by atoms with Crippen molar-refractivity contribution in [2.45, 2.75) is 6.42 Å². The Kier molecular flexibility index (Phi) is 2.86. The van der Waals surface area contributed by atoms with E-state index in [1.54, 1.807) is 0 Å². The maximum absolute atomic E-state index is 3.12. The van der Waals surface area contributed by atoms with Gasteiger partial charge in [-0.2, -0.15) is 0 Å². The number of aromatic nitrogens is 1. The van der Waals surface area contributed by atoms with Gasteiger partial charge in [-0.3, -0.25) is 0 Å². The molecule has 14 heavy (non-hydrogen) atoms. The fourth-order valence-corrected chi connectivity index (χ4v) is 1.41. The molecule has 1 aromatic heterocycles. The average Bonchev–Trinajstić information content (AvgIpc) is 2.92. The van der Waals surface area contributed by atoms with E-state index in [-0.39, 0.29) is 0 Å². The van der Waals surface area contributed by atoms with Crippen LogP contribution in [0.5, 0.6) is 0 Å². The number of benzene rings is 1. The largest absolute Gasteiger partial charge is 0.391 e. The Hall–Kier alpha value is -1.70. The third kappa shape index (κ3) is 2.16. The molecule has 0 unspecified atom stereocenters. The highest BCUT2D eigenvalue weighted by molar-refractivity contribution is 5.78. The predicted octanol–water partition coefficient (Wildman–Crippen LogP) is 2.66. The van der Waals surface area contributed by atoms with Crippen LogP contribution in [-0.2, 0) is 0 Å². The first-order valence-corrected chi connectivity index (χ1v) is 4.87. The van der Waals surface area contributed by atoms with E-state index in [0.29, 0.717) is 0 Å².